The van der Waals surface area contributed by atoms with Crippen molar-refractivity contribution >= 4 is 83.8 Å². The molecule has 0 saturated heterocycles. The smallest absolute Gasteiger partial charge is 0.246 e. The van der Waals surface area contributed by atoms with E-state index < -0.39 is 10.8 Å². The molecule has 3 aliphatic rings. The molecule has 0 spiro atoms. The number of aromatic nitrogens is 2. The monoisotopic (exact) mass is 989 g/mol. The van der Waals surface area contributed by atoms with Crippen LogP contribution in [0.2, 0.25) is 0 Å². The number of hydrogen-bond acceptors (Lipinski definition) is 1. The van der Waals surface area contributed by atoms with Gasteiger partial charge in [-0.25, -0.2) is 0 Å². The largest absolute Gasteiger partial charge is 0.310 e. The lowest BCUT2D eigenvalue weighted by molar-refractivity contribution is 0.690. The zero-order chi connectivity index (χ0) is 51.1. The van der Waals surface area contributed by atoms with Gasteiger partial charge in [0.05, 0.1) is 38.6 Å². The standard InChI is InChI=1S/C74H48BN3/c1-6-25-49(26-7-1)73(50-27-8-2-9-28-50)60-39-24-40-61-70(60)78-71-62(73)45-54(76-66-41-20-16-35-56(66)57-36-17-21-42-67(57)76)47-64(71)75(53-33-14-5-15-34-53)65-48-55(77-68-43-22-18-37-58(68)59-38-19-23-44-69(59)77)46-63(72(65)78)74(61,51-29-10-3-11-30-51)52-31-12-4-13-32-52/h1-48H. The highest BCUT2D eigenvalue weighted by Crippen LogP contribution is 2.66. The van der Waals surface area contributed by atoms with E-state index in [2.05, 4.69) is 305 Å². The quantitative estimate of drug-likeness (QED) is 0.145. The van der Waals surface area contributed by atoms with Gasteiger partial charge in [0.25, 0.3) is 0 Å². The molecule has 0 atom stereocenters. The van der Waals surface area contributed by atoms with Crippen molar-refractivity contribution in [1.29, 1.82) is 0 Å². The second-order valence-corrected chi connectivity index (χ2v) is 21.4. The van der Waals surface area contributed by atoms with Crippen LogP contribution >= 0.6 is 0 Å². The Labute approximate surface area is 453 Å². The predicted octanol–water partition coefficient (Wildman–Crippen LogP) is 15.6. The zero-order valence-corrected chi connectivity index (χ0v) is 42.6. The van der Waals surface area contributed by atoms with Gasteiger partial charge in [0, 0.05) is 44.3 Å². The van der Waals surface area contributed by atoms with E-state index in [1.54, 1.807) is 0 Å². The van der Waals surface area contributed by atoms with E-state index in [9.17, 15) is 0 Å². The third-order valence-electron chi connectivity index (χ3n) is 17.8. The van der Waals surface area contributed by atoms with Crippen LogP contribution in [-0.2, 0) is 10.8 Å². The average molecular weight is 990 g/mol. The van der Waals surface area contributed by atoms with Gasteiger partial charge < -0.3 is 14.0 Å². The van der Waals surface area contributed by atoms with Gasteiger partial charge in [0.2, 0.25) is 6.71 Å². The number of fused-ring (bicyclic) bond motifs is 6. The molecule has 0 aliphatic carbocycles. The van der Waals surface area contributed by atoms with Crippen molar-refractivity contribution in [3.63, 3.8) is 0 Å². The summed E-state index contributed by atoms with van der Waals surface area (Å²) >= 11 is 0. The zero-order valence-electron chi connectivity index (χ0n) is 42.6. The molecule has 2 aromatic heterocycles. The Morgan fingerprint density at radius 2 is 0.564 bits per heavy atom. The summed E-state index contributed by atoms with van der Waals surface area (Å²) in [5.74, 6) is 0. The Morgan fingerprint density at radius 3 is 0.910 bits per heavy atom. The van der Waals surface area contributed by atoms with E-state index in [0.717, 1.165) is 11.4 Å². The molecule has 3 aliphatic heterocycles. The minimum atomic E-state index is -0.776. The van der Waals surface area contributed by atoms with Crippen LogP contribution in [0.25, 0.3) is 55.0 Å². The predicted molar refractivity (Wildman–Crippen MR) is 325 cm³/mol. The lowest BCUT2D eigenvalue weighted by atomic mass is 9.33. The lowest BCUT2D eigenvalue weighted by Gasteiger charge is -2.56. The minimum absolute atomic E-state index is 0.189. The molecule has 0 fully saturated rings. The minimum Gasteiger partial charge on any atom is -0.310 e. The van der Waals surface area contributed by atoms with Crippen molar-refractivity contribution in [3.05, 3.63) is 336 Å². The van der Waals surface area contributed by atoms with Gasteiger partial charge >= 0.3 is 0 Å². The van der Waals surface area contributed by atoms with Gasteiger partial charge in [0.15, 0.2) is 0 Å². The second kappa shape index (κ2) is 16.3. The summed E-state index contributed by atoms with van der Waals surface area (Å²) in [6.07, 6.45) is 0. The van der Waals surface area contributed by atoms with E-state index >= 15 is 0 Å². The Morgan fingerprint density at radius 1 is 0.256 bits per heavy atom. The van der Waals surface area contributed by atoms with E-state index in [-0.39, 0.29) is 6.71 Å². The first-order chi connectivity index (χ1) is 38.7. The number of rotatable bonds is 7. The molecule has 362 valence electrons. The van der Waals surface area contributed by atoms with Crippen molar-refractivity contribution in [2.24, 2.45) is 0 Å². The number of para-hydroxylation sites is 5. The first-order valence-electron chi connectivity index (χ1n) is 27.3. The maximum Gasteiger partial charge on any atom is 0.246 e. The molecule has 0 saturated carbocycles. The number of nitrogens with zero attached hydrogens (tertiary/aromatic N) is 3. The van der Waals surface area contributed by atoms with E-state index in [1.165, 1.54) is 122 Å². The normalized spacial score (nSPS) is 14.3. The number of hydrogen-bond donors (Lipinski definition) is 0. The first kappa shape index (κ1) is 43.4. The highest BCUT2D eigenvalue weighted by atomic mass is 15.2. The molecule has 12 aromatic carbocycles. The Hall–Kier alpha value is -9.90. The summed E-state index contributed by atoms with van der Waals surface area (Å²) in [5, 5.41) is 4.97. The molecule has 17 rings (SSSR count). The van der Waals surface area contributed by atoms with Crippen molar-refractivity contribution in [2.45, 2.75) is 10.8 Å². The molecule has 78 heavy (non-hydrogen) atoms. The van der Waals surface area contributed by atoms with Crippen LogP contribution in [0.4, 0.5) is 17.1 Å². The highest BCUT2D eigenvalue weighted by Gasteiger charge is 2.57. The number of anilines is 3. The molecule has 0 amide bonds. The van der Waals surface area contributed by atoms with Crippen LogP contribution in [-0.4, -0.2) is 15.8 Å². The molecule has 0 radical (unpaired) electrons. The highest BCUT2D eigenvalue weighted by molar-refractivity contribution is 6.98. The molecule has 0 N–H and O–H groups in total. The first-order valence-corrected chi connectivity index (χ1v) is 27.3. The van der Waals surface area contributed by atoms with Crippen molar-refractivity contribution in [2.75, 3.05) is 4.90 Å². The fraction of sp³-hybridized carbons (Fsp3) is 0.0270. The Bertz CT molecular complexity index is 4270. The van der Waals surface area contributed by atoms with E-state index in [4.69, 9.17) is 0 Å². The Balaban J connectivity index is 1.13. The van der Waals surface area contributed by atoms with Crippen LogP contribution < -0.4 is 21.3 Å². The molecule has 3 nitrogen and oxygen atoms in total. The van der Waals surface area contributed by atoms with Crippen LogP contribution in [0.1, 0.15) is 44.5 Å². The SMILES string of the molecule is c1ccc(B2c3cc(-n4c5ccccc5c5ccccc54)cc4c3N3c5c2cc(-n2c6ccccc6c6ccccc62)cc5C(c2ccccc2)(c2ccccc2)c2cccc(c23)C4(c2ccccc2)c2ccccc2)cc1. The summed E-state index contributed by atoms with van der Waals surface area (Å²) in [6.45, 7) is -0.189. The van der Waals surface area contributed by atoms with Gasteiger partial charge in [0.1, 0.15) is 0 Å². The van der Waals surface area contributed by atoms with Crippen LogP contribution in [0.3, 0.4) is 0 Å². The summed E-state index contributed by atoms with van der Waals surface area (Å²) < 4.78 is 5.08. The van der Waals surface area contributed by atoms with E-state index in [1.807, 2.05) is 0 Å². The molecule has 0 bridgehead atoms. The van der Waals surface area contributed by atoms with Gasteiger partial charge in [-0.1, -0.05) is 248 Å². The lowest BCUT2D eigenvalue weighted by Crippen LogP contribution is -2.61. The molecular formula is C74H48BN3. The maximum absolute atomic E-state index is 2.75. The van der Waals surface area contributed by atoms with Crippen LogP contribution in [0.15, 0.2) is 291 Å². The third kappa shape index (κ3) is 5.58. The topological polar surface area (TPSA) is 13.1 Å². The molecule has 5 heterocycles. The van der Waals surface area contributed by atoms with Crippen LogP contribution in [0.5, 0.6) is 0 Å². The fourth-order valence-corrected chi connectivity index (χ4v) is 15.0. The second-order valence-electron chi connectivity index (χ2n) is 21.4. The van der Waals surface area contributed by atoms with Gasteiger partial charge in [-0.2, -0.15) is 0 Å². The fourth-order valence-electron chi connectivity index (χ4n) is 15.0. The third-order valence-corrected chi connectivity index (χ3v) is 17.8. The molecule has 14 aromatic rings. The van der Waals surface area contributed by atoms with Crippen LogP contribution in [0, 0.1) is 0 Å². The van der Waals surface area contributed by atoms with Gasteiger partial charge in [-0.15, -0.1) is 0 Å². The average Bonchev–Trinajstić information content (AvgIpc) is 4.14. The van der Waals surface area contributed by atoms with Crippen molar-refractivity contribution < 1.29 is 0 Å². The summed E-state index contributed by atoms with van der Waals surface area (Å²) in [7, 11) is 0. The van der Waals surface area contributed by atoms with E-state index in [0.29, 0.717) is 0 Å². The van der Waals surface area contributed by atoms with Gasteiger partial charge in [-0.3, -0.25) is 0 Å². The Kier molecular flexibility index (Phi) is 9.06. The summed E-state index contributed by atoms with van der Waals surface area (Å²) in [5.41, 5.74) is 22.9. The summed E-state index contributed by atoms with van der Waals surface area (Å²) in [6, 6.07) is 110. The molecule has 4 heteroatoms. The molecule has 0 unspecified atom stereocenters. The number of benzene rings is 12. The van der Waals surface area contributed by atoms with Crippen molar-refractivity contribution in [3.8, 4) is 11.4 Å². The van der Waals surface area contributed by atoms with Crippen molar-refractivity contribution in [1.82, 2.24) is 9.13 Å². The summed E-state index contributed by atoms with van der Waals surface area (Å²) in [4.78, 5) is 2.75. The maximum atomic E-state index is 2.75. The molecular weight excluding hydrogens is 942 g/mol. The van der Waals surface area contributed by atoms with Gasteiger partial charge in [-0.05, 0) is 104 Å².